The van der Waals surface area contributed by atoms with Crippen molar-refractivity contribution in [1.82, 2.24) is 5.32 Å². The number of alkyl halides is 2. The summed E-state index contributed by atoms with van der Waals surface area (Å²) >= 11 is 0. The molecule has 0 spiro atoms. The first kappa shape index (κ1) is 17.2. The van der Waals surface area contributed by atoms with Gasteiger partial charge in [-0.05, 0) is 24.3 Å². The molecule has 1 saturated carbocycles. The number of carbonyl (C=O) groups is 2. The molecule has 1 unspecified atom stereocenters. The van der Waals surface area contributed by atoms with Gasteiger partial charge in [0, 0.05) is 12.8 Å². The maximum absolute atomic E-state index is 13.4. The molecule has 1 aromatic carbocycles. The van der Waals surface area contributed by atoms with Crippen molar-refractivity contribution in [2.24, 2.45) is 5.92 Å². The second-order valence-corrected chi connectivity index (χ2v) is 5.73. The fourth-order valence-corrected chi connectivity index (χ4v) is 2.77. The summed E-state index contributed by atoms with van der Waals surface area (Å²) < 4.78 is 31.8. The number of alkyl carbamates (subject to hydrolysis) is 1. The predicted molar refractivity (Wildman–Crippen MR) is 78.1 cm³/mol. The highest BCUT2D eigenvalue weighted by Crippen LogP contribution is 2.38. The van der Waals surface area contributed by atoms with Crippen LogP contribution in [0.1, 0.15) is 31.2 Å². The molecule has 0 aliphatic heterocycles. The standard InChI is InChI=1S/C16H19F2NO4/c17-16(18)8-4-7-12(9-16)13(14(20)21)19-15(22)23-10-11-5-2-1-3-6-11/h1-3,5-6,12-13H,4,7-10H2,(H,19,22)(H,20,21)/t12?,13-/m0/s1. The summed E-state index contributed by atoms with van der Waals surface area (Å²) in [6.07, 6.45) is -1.12. The molecule has 0 heterocycles. The topological polar surface area (TPSA) is 75.6 Å². The monoisotopic (exact) mass is 327 g/mol. The normalized spacial score (nSPS) is 21.2. The van der Waals surface area contributed by atoms with Crippen molar-refractivity contribution in [3.05, 3.63) is 35.9 Å². The van der Waals surface area contributed by atoms with Gasteiger partial charge in [0.1, 0.15) is 12.6 Å². The van der Waals surface area contributed by atoms with Crippen LogP contribution in [-0.2, 0) is 16.1 Å². The number of ether oxygens (including phenoxy) is 1. The van der Waals surface area contributed by atoms with Crippen LogP contribution in [0, 0.1) is 5.92 Å². The van der Waals surface area contributed by atoms with E-state index in [-0.39, 0.29) is 19.4 Å². The number of benzene rings is 1. The number of nitrogens with one attached hydrogen (secondary N) is 1. The van der Waals surface area contributed by atoms with Crippen LogP contribution in [0.15, 0.2) is 30.3 Å². The highest BCUT2D eigenvalue weighted by molar-refractivity contribution is 5.80. The highest BCUT2D eigenvalue weighted by atomic mass is 19.3. The van der Waals surface area contributed by atoms with Gasteiger partial charge in [-0.1, -0.05) is 30.3 Å². The second-order valence-electron chi connectivity index (χ2n) is 5.73. The smallest absolute Gasteiger partial charge is 0.408 e. The van der Waals surface area contributed by atoms with Gasteiger partial charge in [-0.2, -0.15) is 0 Å². The number of hydrogen-bond donors (Lipinski definition) is 2. The Morgan fingerprint density at radius 2 is 2.04 bits per heavy atom. The highest BCUT2D eigenvalue weighted by Gasteiger charge is 2.42. The average molecular weight is 327 g/mol. The van der Waals surface area contributed by atoms with E-state index in [0.29, 0.717) is 6.42 Å². The maximum atomic E-state index is 13.4. The number of halogens is 2. The molecule has 0 radical (unpaired) electrons. The van der Waals surface area contributed by atoms with E-state index < -0.39 is 36.4 Å². The molecule has 0 aromatic heterocycles. The van der Waals surface area contributed by atoms with Crippen molar-refractivity contribution >= 4 is 12.1 Å². The van der Waals surface area contributed by atoms with Gasteiger partial charge in [0.2, 0.25) is 5.92 Å². The molecule has 2 atom stereocenters. The third kappa shape index (κ3) is 5.19. The van der Waals surface area contributed by atoms with E-state index in [1.54, 1.807) is 24.3 Å². The number of amides is 1. The van der Waals surface area contributed by atoms with E-state index in [4.69, 9.17) is 4.74 Å². The lowest BCUT2D eigenvalue weighted by Gasteiger charge is -2.32. The SMILES string of the molecule is O=C(N[C@H](C(=O)O)C1CCCC(F)(F)C1)OCc1ccccc1. The first-order valence-electron chi connectivity index (χ1n) is 7.45. The number of rotatable bonds is 5. The summed E-state index contributed by atoms with van der Waals surface area (Å²) in [6.45, 7) is -0.0140. The van der Waals surface area contributed by atoms with E-state index in [9.17, 15) is 23.5 Å². The Morgan fingerprint density at radius 3 is 2.65 bits per heavy atom. The summed E-state index contributed by atoms with van der Waals surface area (Å²) in [5, 5.41) is 11.4. The van der Waals surface area contributed by atoms with Gasteiger partial charge in [0.15, 0.2) is 0 Å². The lowest BCUT2D eigenvalue weighted by Crippen LogP contribution is -2.48. The Morgan fingerprint density at radius 1 is 1.35 bits per heavy atom. The molecule has 1 aliphatic rings. The quantitative estimate of drug-likeness (QED) is 0.871. The Kier molecular flexibility index (Phi) is 5.52. The molecule has 23 heavy (non-hydrogen) atoms. The fourth-order valence-electron chi connectivity index (χ4n) is 2.77. The van der Waals surface area contributed by atoms with Gasteiger partial charge >= 0.3 is 12.1 Å². The largest absolute Gasteiger partial charge is 0.480 e. The third-order valence-electron chi connectivity index (χ3n) is 3.90. The van der Waals surface area contributed by atoms with Gasteiger partial charge in [-0.25, -0.2) is 18.4 Å². The van der Waals surface area contributed by atoms with E-state index in [1.165, 1.54) is 0 Å². The van der Waals surface area contributed by atoms with Crippen LogP contribution >= 0.6 is 0 Å². The van der Waals surface area contributed by atoms with Gasteiger partial charge < -0.3 is 15.2 Å². The first-order chi connectivity index (χ1) is 10.9. The summed E-state index contributed by atoms with van der Waals surface area (Å²) in [6, 6.07) is 7.51. The van der Waals surface area contributed by atoms with Crippen LogP contribution in [0.5, 0.6) is 0 Å². The van der Waals surface area contributed by atoms with Gasteiger partial charge in [0.25, 0.3) is 0 Å². The minimum Gasteiger partial charge on any atom is -0.480 e. The Labute approximate surface area is 132 Å². The van der Waals surface area contributed by atoms with Crippen LogP contribution in [-0.4, -0.2) is 29.1 Å². The molecule has 1 amide bonds. The molecular formula is C16H19F2NO4. The molecule has 2 rings (SSSR count). The lowest BCUT2D eigenvalue weighted by molar-refractivity contribution is -0.143. The lowest BCUT2D eigenvalue weighted by atomic mass is 9.82. The third-order valence-corrected chi connectivity index (χ3v) is 3.90. The first-order valence-corrected chi connectivity index (χ1v) is 7.45. The van der Waals surface area contributed by atoms with Crippen molar-refractivity contribution in [3.63, 3.8) is 0 Å². The molecule has 2 N–H and O–H groups in total. The average Bonchev–Trinajstić information content (AvgIpc) is 2.50. The molecule has 0 bridgehead atoms. The number of carboxylic acids is 1. The summed E-state index contributed by atoms with van der Waals surface area (Å²) in [5.41, 5.74) is 0.749. The van der Waals surface area contributed by atoms with Crippen molar-refractivity contribution < 1.29 is 28.2 Å². The minimum atomic E-state index is -2.88. The van der Waals surface area contributed by atoms with E-state index in [0.717, 1.165) is 5.56 Å². The number of hydrogen-bond acceptors (Lipinski definition) is 3. The zero-order chi connectivity index (χ0) is 16.9. The van der Waals surface area contributed by atoms with Gasteiger partial charge in [-0.15, -0.1) is 0 Å². The molecule has 126 valence electrons. The van der Waals surface area contributed by atoms with Crippen LogP contribution in [0.4, 0.5) is 13.6 Å². The minimum absolute atomic E-state index is 0.0140. The Hall–Kier alpha value is -2.18. The fraction of sp³-hybridized carbons (Fsp3) is 0.500. The van der Waals surface area contributed by atoms with Crippen LogP contribution in [0.2, 0.25) is 0 Å². The Balaban J connectivity index is 1.91. The molecule has 1 aromatic rings. The second kappa shape index (κ2) is 7.39. The maximum Gasteiger partial charge on any atom is 0.408 e. The molecular weight excluding hydrogens is 308 g/mol. The van der Waals surface area contributed by atoms with Crippen LogP contribution in [0.25, 0.3) is 0 Å². The molecule has 7 heteroatoms. The molecule has 0 saturated heterocycles. The number of aliphatic carboxylic acids is 1. The van der Waals surface area contributed by atoms with Gasteiger partial charge in [0.05, 0.1) is 0 Å². The Bertz CT molecular complexity index is 550. The summed E-state index contributed by atoms with van der Waals surface area (Å²) in [7, 11) is 0. The van der Waals surface area contributed by atoms with E-state index in [2.05, 4.69) is 5.32 Å². The number of carbonyl (C=O) groups excluding carboxylic acids is 1. The van der Waals surface area contributed by atoms with Crippen molar-refractivity contribution in [3.8, 4) is 0 Å². The molecule has 1 aliphatic carbocycles. The predicted octanol–water partition coefficient (Wildman–Crippen LogP) is 3.19. The summed E-state index contributed by atoms with van der Waals surface area (Å²) in [4.78, 5) is 23.1. The molecule has 5 nitrogen and oxygen atoms in total. The van der Waals surface area contributed by atoms with E-state index >= 15 is 0 Å². The molecule has 1 fully saturated rings. The summed E-state index contributed by atoms with van der Waals surface area (Å²) in [5.74, 6) is -5.02. The van der Waals surface area contributed by atoms with Crippen molar-refractivity contribution in [1.29, 1.82) is 0 Å². The zero-order valence-electron chi connectivity index (χ0n) is 12.5. The van der Waals surface area contributed by atoms with Crippen molar-refractivity contribution in [2.45, 2.75) is 44.3 Å². The van der Waals surface area contributed by atoms with E-state index in [1.807, 2.05) is 6.07 Å². The van der Waals surface area contributed by atoms with Gasteiger partial charge in [-0.3, -0.25) is 0 Å². The van der Waals surface area contributed by atoms with Crippen LogP contribution in [0.3, 0.4) is 0 Å². The van der Waals surface area contributed by atoms with Crippen LogP contribution < -0.4 is 5.32 Å². The zero-order valence-corrected chi connectivity index (χ0v) is 12.5. The number of carboxylic acid groups (broad SMARTS) is 1. The van der Waals surface area contributed by atoms with Crippen molar-refractivity contribution in [2.75, 3.05) is 0 Å².